The first-order valence-corrected chi connectivity index (χ1v) is 7.88. The first-order valence-electron chi connectivity index (χ1n) is 7.07. The van der Waals surface area contributed by atoms with Crippen molar-refractivity contribution >= 4 is 28.3 Å². The summed E-state index contributed by atoms with van der Waals surface area (Å²) in [6.45, 7) is 4.77. The topological polar surface area (TPSA) is 65.5 Å². The van der Waals surface area contributed by atoms with Gasteiger partial charge in [-0.2, -0.15) is 0 Å². The SMILES string of the molecule is CNC1CN(C)C(=O)N1c1nc2c(s1)C(=O)CC(C)(C)C2. The number of fused-ring (bicyclic) bond motifs is 1. The third kappa shape index (κ3) is 2.34. The highest BCUT2D eigenvalue weighted by atomic mass is 32.1. The number of nitrogens with one attached hydrogen (secondary N) is 1. The minimum absolute atomic E-state index is 0.0519. The molecule has 1 aliphatic carbocycles. The number of carbonyl (C=O) groups excluding carboxylic acids is 2. The molecule has 3 rings (SSSR count). The second kappa shape index (κ2) is 4.78. The number of carbonyl (C=O) groups is 2. The Morgan fingerprint density at radius 3 is 2.71 bits per heavy atom. The molecular formula is C14H20N4O2S. The van der Waals surface area contributed by atoms with Crippen molar-refractivity contribution in [2.45, 2.75) is 32.9 Å². The molecule has 1 fully saturated rings. The number of urea groups is 1. The number of rotatable bonds is 2. The van der Waals surface area contributed by atoms with Crippen molar-refractivity contribution in [3.8, 4) is 0 Å². The average Bonchev–Trinajstić information content (AvgIpc) is 2.90. The van der Waals surface area contributed by atoms with Gasteiger partial charge in [-0.25, -0.2) is 9.78 Å². The van der Waals surface area contributed by atoms with Gasteiger partial charge in [0.15, 0.2) is 10.9 Å². The molecule has 0 aromatic carbocycles. The molecule has 1 atom stereocenters. The minimum atomic E-state index is -0.0989. The van der Waals surface area contributed by atoms with Gasteiger partial charge in [-0.1, -0.05) is 25.2 Å². The third-order valence-corrected chi connectivity index (χ3v) is 5.19. The van der Waals surface area contributed by atoms with Crippen LogP contribution in [0.3, 0.4) is 0 Å². The third-order valence-electron chi connectivity index (χ3n) is 4.05. The van der Waals surface area contributed by atoms with E-state index in [0.29, 0.717) is 18.1 Å². The van der Waals surface area contributed by atoms with Crippen LogP contribution in [0.4, 0.5) is 9.93 Å². The van der Waals surface area contributed by atoms with Crippen LogP contribution >= 0.6 is 11.3 Å². The highest BCUT2D eigenvalue weighted by Crippen LogP contribution is 2.40. The van der Waals surface area contributed by atoms with E-state index in [9.17, 15) is 9.59 Å². The first kappa shape index (κ1) is 14.5. The fraction of sp³-hybridized carbons (Fsp3) is 0.643. The standard InChI is InChI=1S/C14H20N4O2S/c1-14(2)5-8-11(9(19)6-14)21-12(16-8)18-10(15-3)7-17(4)13(18)20/h10,15H,5-7H2,1-4H3. The predicted octanol–water partition coefficient (Wildman–Crippen LogP) is 1.72. The maximum atomic E-state index is 12.3. The fourth-order valence-corrected chi connectivity index (χ4v) is 4.05. The molecule has 7 heteroatoms. The Kier molecular flexibility index (Phi) is 3.29. The van der Waals surface area contributed by atoms with Crippen LogP contribution in [0.1, 0.15) is 35.6 Å². The van der Waals surface area contributed by atoms with Gasteiger partial charge < -0.3 is 4.90 Å². The second-order valence-corrected chi connectivity index (χ2v) is 7.53. The summed E-state index contributed by atoms with van der Waals surface area (Å²) in [4.78, 5) is 33.2. The smallest absolute Gasteiger partial charge is 0.324 e. The van der Waals surface area contributed by atoms with Gasteiger partial charge in [0.05, 0.1) is 17.1 Å². The highest BCUT2D eigenvalue weighted by Gasteiger charge is 2.40. The molecule has 1 aromatic heterocycles. The Balaban J connectivity index is 1.98. The van der Waals surface area contributed by atoms with Crippen molar-refractivity contribution in [2.75, 3.05) is 25.5 Å². The normalized spacial score (nSPS) is 24.7. The molecule has 0 saturated carbocycles. The van der Waals surface area contributed by atoms with Crippen LogP contribution in [0.15, 0.2) is 0 Å². The molecule has 21 heavy (non-hydrogen) atoms. The average molecular weight is 308 g/mol. The van der Waals surface area contributed by atoms with Crippen LogP contribution in [0.25, 0.3) is 0 Å². The molecule has 0 radical (unpaired) electrons. The number of aromatic nitrogens is 1. The van der Waals surface area contributed by atoms with Crippen LogP contribution in [0.5, 0.6) is 0 Å². The largest absolute Gasteiger partial charge is 0.327 e. The lowest BCUT2D eigenvalue weighted by Gasteiger charge is -2.26. The summed E-state index contributed by atoms with van der Waals surface area (Å²) in [6, 6.07) is -0.0767. The van der Waals surface area contributed by atoms with Gasteiger partial charge in [0.2, 0.25) is 0 Å². The van der Waals surface area contributed by atoms with Crippen molar-refractivity contribution in [3.63, 3.8) is 0 Å². The maximum Gasteiger partial charge on any atom is 0.327 e. The van der Waals surface area contributed by atoms with Crippen molar-refractivity contribution in [2.24, 2.45) is 5.41 Å². The van der Waals surface area contributed by atoms with E-state index < -0.39 is 0 Å². The Morgan fingerprint density at radius 2 is 2.05 bits per heavy atom. The fourth-order valence-electron chi connectivity index (χ4n) is 2.98. The van der Waals surface area contributed by atoms with Crippen LogP contribution in [-0.2, 0) is 6.42 Å². The Labute approximate surface area is 128 Å². The van der Waals surface area contributed by atoms with Crippen LogP contribution < -0.4 is 10.2 Å². The van der Waals surface area contributed by atoms with E-state index in [1.165, 1.54) is 11.3 Å². The maximum absolute atomic E-state index is 12.3. The number of amides is 2. The number of Topliss-reactive ketones (excluding diaryl/α,β-unsaturated/α-hetero) is 1. The molecule has 6 nitrogen and oxygen atoms in total. The van der Waals surface area contributed by atoms with E-state index in [0.717, 1.165) is 17.0 Å². The van der Waals surface area contributed by atoms with Gasteiger partial charge in [-0.15, -0.1) is 0 Å². The molecule has 114 valence electrons. The zero-order chi connectivity index (χ0) is 15.4. The molecule has 1 N–H and O–H groups in total. The van der Waals surface area contributed by atoms with Gasteiger partial charge >= 0.3 is 6.03 Å². The Hall–Kier alpha value is -1.47. The van der Waals surface area contributed by atoms with Crippen molar-refractivity contribution in [1.82, 2.24) is 15.2 Å². The molecule has 2 amide bonds. The van der Waals surface area contributed by atoms with E-state index >= 15 is 0 Å². The molecule has 1 saturated heterocycles. The number of likely N-dealkylation sites (N-methyl/N-ethyl adjacent to an activating group) is 2. The molecule has 1 aliphatic heterocycles. The lowest BCUT2D eigenvalue weighted by atomic mass is 9.78. The van der Waals surface area contributed by atoms with Crippen molar-refractivity contribution in [3.05, 3.63) is 10.6 Å². The summed E-state index contributed by atoms with van der Waals surface area (Å²) >= 11 is 1.34. The molecule has 0 bridgehead atoms. The van der Waals surface area contributed by atoms with Crippen LogP contribution in [0.2, 0.25) is 0 Å². The summed E-state index contributed by atoms with van der Waals surface area (Å²) in [5.41, 5.74) is 0.789. The number of ketones is 1. The van der Waals surface area contributed by atoms with E-state index in [2.05, 4.69) is 24.1 Å². The number of nitrogens with zero attached hydrogens (tertiary/aromatic N) is 3. The van der Waals surface area contributed by atoms with E-state index in [-0.39, 0.29) is 23.4 Å². The number of hydrogen-bond donors (Lipinski definition) is 1. The highest BCUT2D eigenvalue weighted by molar-refractivity contribution is 7.17. The molecular weight excluding hydrogens is 288 g/mol. The zero-order valence-electron chi connectivity index (χ0n) is 12.8. The molecule has 2 heterocycles. The van der Waals surface area contributed by atoms with Crippen molar-refractivity contribution in [1.29, 1.82) is 0 Å². The monoisotopic (exact) mass is 308 g/mol. The lowest BCUT2D eigenvalue weighted by molar-refractivity contribution is 0.0916. The van der Waals surface area contributed by atoms with Gasteiger partial charge in [-0.05, 0) is 18.9 Å². The zero-order valence-corrected chi connectivity index (χ0v) is 13.6. The number of hydrogen-bond acceptors (Lipinski definition) is 5. The van der Waals surface area contributed by atoms with E-state index in [1.54, 1.807) is 16.8 Å². The van der Waals surface area contributed by atoms with E-state index in [1.807, 2.05) is 7.05 Å². The number of thiazole rings is 1. The first-order chi connectivity index (χ1) is 9.82. The van der Waals surface area contributed by atoms with Crippen molar-refractivity contribution < 1.29 is 9.59 Å². The Morgan fingerprint density at radius 1 is 1.33 bits per heavy atom. The van der Waals surface area contributed by atoms with Gasteiger partial charge in [-0.3, -0.25) is 15.0 Å². The summed E-state index contributed by atoms with van der Waals surface area (Å²) in [5, 5.41) is 3.75. The van der Waals surface area contributed by atoms with Gasteiger partial charge in [0, 0.05) is 13.5 Å². The summed E-state index contributed by atoms with van der Waals surface area (Å²) in [7, 11) is 3.60. The molecule has 0 spiro atoms. The van der Waals surface area contributed by atoms with Crippen LogP contribution in [-0.4, -0.2) is 48.5 Å². The Bertz CT molecular complexity index is 610. The van der Waals surface area contributed by atoms with Crippen LogP contribution in [0, 0.1) is 5.41 Å². The second-order valence-electron chi connectivity index (χ2n) is 6.55. The molecule has 1 unspecified atom stereocenters. The van der Waals surface area contributed by atoms with Gasteiger partial charge in [0.1, 0.15) is 6.17 Å². The van der Waals surface area contributed by atoms with Gasteiger partial charge in [0.25, 0.3) is 0 Å². The molecule has 2 aliphatic rings. The minimum Gasteiger partial charge on any atom is -0.324 e. The lowest BCUT2D eigenvalue weighted by Crippen LogP contribution is -2.42. The predicted molar refractivity (Wildman–Crippen MR) is 81.9 cm³/mol. The quantitative estimate of drug-likeness (QED) is 0.903. The summed E-state index contributed by atoms with van der Waals surface area (Å²) in [6.07, 6.45) is 1.23. The number of anilines is 1. The van der Waals surface area contributed by atoms with E-state index in [4.69, 9.17) is 0 Å². The molecule has 1 aromatic rings. The summed E-state index contributed by atoms with van der Waals surface area (Å²) in [5.74, 6) is 0.144. The summed E-state index contributed by atoms with van der Waals surface area (Å²) < 4.78 is 0.